The van der Waals surface area contributed by atoms with E-state index in [1.54, 1.807) is 0 Å². The number of nitrogens with one attached hydrogen (secondary N) is 2. The lowest BCUT2D eigenvalue weighted by Crippen LogP contribution is -2.24. The van der Waals surface area contributed by atoms with Crippen LogP contribution in [0.15, 0.2) is 47.5 Å². The molecule has 0 radical (unpaired) electrons. The molecule has 5 nitrogen and oxygen atoms in total. The van der Waals surface area contributed by atoms with Gasteiger partial charge in [0.2, 0.25) is 5.91 Å². The fourth-order valence-electron chi connectivity index (χ4n) is 2.83. The number of anilines is 2. The van der Waals surface area contributed by atoms with E-state index in [0.717, 1.165) is 36.2 Å². The van der Waals surface area contributed by atoms with Crippen molar-refractivity contribution in [2.75, 3.05) is 17.2 Å². The number of guanidine groups is 1. The molecule has 2 rings (SSSR count). The largest absolute Gasteiger partial charge is 0.370 e. The van der Waals surface area contributed by atoms with Gasteiger partial charge >= 0.3 is 0 Å². The fourth-order valence-corrected chi connectivity index (χ4v) is 2.83. The number of benzene rings is 2. The summed E-state index contributed by atoms with van der Waals surface area (Å²) < 4.78 is 0. The molecule has 1 amide bonds. The minimum atomic E-state index is -0.0694. The van der Waals surface area contributed by atoms with Gasteiger partial charge in [-0.3, -0.25) is 9.79 Å². The molecule has 0 aliphatic carbocycles. The summed E-state index contributed by atoms with van der Waals surface area (Å²) in [5, 5.41) is 6.04. The number of para-hydroxylation sites is 1. The van der Waals surface area contributed by atoms with E-state index >= 15 is 0 Å². The Balaban J connectivity index is 1.96. The van der Waals surface area contributed by atoms with Gasteiger partial charge in [-0.25, -0.2) is 0 Å². The average molecular weight is 352 g/mol. The first-order valence-electron chi connectivity index (χ1n) is 9.07. The van der Waals surface area contributed by atoms with Crippen LogP contribution in [0.2, 0.25) is 0 Å². The maximum atomic E-state index is 11.0. The smallest absolute Gasteiger partial charge is 0.221 e. The first-order valence-corrected chi connectivity index (χ1v) is 9.07. The highest BCUT2D eigenvalue weighted by molar-refractivity contribution is 5.94. The Hall–Kier alpha value is -2.82. The van der Waals surface area contributed by atoms with Crippen molar-refractivity contribution >= 4 is 23.2 Å². The van der Waals surface area contributed by atoms with Crippen molar-refractivity contribution in [3.8, 4) is 0 Å². The molecule has 138 valence electrons. The molecule has 0 aromatic heterocycles. The summed E-state index contributed by atoms with van der Waals surface area (Å²) in [6, 6.07) is 14.1. The molecule has 0 heterocycles. The standard InChI is InChI=1S/C21H28N4O/c1-4-17-7-6-8-18(5-2)20(17)25-21(22)23-14-13-16-9-11-19(12-10-16)24-15(3)26/h6-12H,4-5,13-14H2,1-3H3,(H,24,26)(H3,22,23,25). The first kappa shape index (κ1) is 19.5. The second kappa shape index (κ2) is 9.61. The van der Waals surface area contributed by atoms with Crippen LogP contribution in [-0.2, 0) is 24.1 Å². The topological polar surface area (TPSA) is 79.5 Å². The maximum Gasteiger partial charge on any atom is 0.221 e. The van der Waals surface area contributed by atoms with Crippen molar-refractivity contribution < 1.29 is 4.79 Å². The minimum absolute atomic E-state index is 0.0694. The monoisotopic (exact) mass is 352 g/mol. The van der Waals surface area contributed by atoms with Crippen LogP contribution in [0.3, 0.4) is 0 Å². The van der Waals surface area contributed by atoms with E-state index in [-0.39, 0.29) is 5.91 Å². The zero-order valence-corrected chi connectivity index (χ0v) is 15.8. The van der Waals surface area contributed by atoms with Gasteiger partial charge in [0.15, 0.2) is 5.96 Å². The lowest BCUT2D eigenvalue weighted by atomic mass is 10.0. The van der Waals surface area contributed by atoms with Gasteiger partial charge in [0.25, 0.3) is 0 Å². The summed E-state index contributed by atoms with van der Waals surface area (Å²) in [4.78, 5) is 15.5. The van der Waals surface area contributed by atoms with Gasteiger partial charge < -0.3 is 16.4 Å². The third-order valence-corrected chi connectivity index (χ3v) is 4.21. The predicted molar refractivity (Wildman–Crippen MR) is 110 cm³/mol. The molecular weight excluding hydrogens is 324 g/mol. The van der Waals surface area contributed by atoms with Gasteiger partial charge in [-0.2, -0.15) is 0 Å². The molecule has 5 heteroatoms. The van der Waals surface area contributed by atoms with E-state index in [0.29, 0.717) is 12.5 Å². The second-order valence-electron chi connectivity index (χ2n) is 6.18. The fraction of sp³-hybridized carbons (Fsp3) is 0.333. The highest BCUT2D eigenvalue weighted by atomic mass is 16.1. The van der Waals surface area contributed by atoms with Crippen LogP contribution in [0.4, 0.5) is 11.4 Å². The van der Waals surface area contributed by atoms with E-state index in [9.17, 15) is 4.79 Å². The number of carbonyl (C=O) groups excluding carboxylic acids is 1. The van der Waals surface area contributed by atoms with Crippen LogP contribution in [-0.4, -0.2) is 18.4 Å². The summed E-state index contributed by atoms with van der Waals surface area (Å²) >= 11 is 0. The van der Waals surface area contributed by atoms with Crippen molar-refractivity contribution in [3.63, 3.8) is 0 Å². The van der Waals surface area contributed by atoms with Gasteiger partial charge in [-0.05, 0) is 48.1 Å². The number of aryl methyl sites for hydroxylation is 2. The normalized spacial score (nSPS) is 11.3. The zero-order chi connectivity index (χ0) is 18.9. The Labute approximate surface area is 155 Å². The van der Waals surface area contributed by atoms with Crippen LogP contribution in [0.25, 0.3) is 0 Å². The van der Waals surface area contributed by atoms with E-state index in [1.165, 1.54) is 18.1 Å². The lowest BCUT2D eigenvalue weighted by Gasteiger charge is -2.14. The van der Waals surface area contributed by atoms with Crippen LogP contribution in [0.1, 0.15) is 37.5 Å². The van der Waals surface area contributed by atoms with E-state index in [1.807, 2.05) is 24.3 Å². The summed E-state index contributed by atoms with van der Waals surface area (Å²) in [7, 11) is 0. The average Bonchev–Trinajstić information content (AvgIpc) is 2.63. The molecule has 0 saturated carbocycles. The Bertz CT molecular complexity index is 744. The first-order chi connectivity index (χ1) is 12.5. The molecule has 0 bridgehead atoms. The quantitative estimate of drug-likeness (QED) is 0.524. The number of hydrogen-bond acceptors (Lipinski definition) is 2. The van der Waals surface area contributed by atoms with Crippen molar-refractivity contribution in [1.29, 1.82) is 0 Å². The lowest BCUT2D eigenvalue weighted by molar-refractivity contribution is -0.114. The molecule has 0 aliphatic rings. The Morgan fingerprint density at radius 1 is 1.00 bits per heavy atom. The summed E-state index contributed by atoms with van der Waals surface area (Å²) in [6.07, 6.45) is 2.69. The van der Waals surface area contributed by atoms with Gasteiger partial charge in [0.1, 0.15) is 0 Å². The van der Waals surface area contributed by atoms with Crippen LogP contribution in [0.5, 0.6) is 0 Å². The van der Waals surface area contributed by atoms with E-state index in [2.05, 4.69) is 47.7 Å². The van der Waals surface area contributed by atoms with Gasteiger partial charge in [-0.1, -0.05) is 44.2 Å². The molecule has 2 aromatic carbocycles. The highest BCUT2D eigenvalue weighted by Gasteiger charge is 2.07. The van der Waals surface area contributed by atoms with Gasteiger partial charge in [-0.15, -0.1) is 0 Å². The maximum absolute atomic E-state index is 11.0. The minimum Gasteiger partial charge on any atom is -0.370 e. The number of aliphatic imine (C=N–C) groups is 1. The predicted octanol–water partition coefficient (Wildman–Crippen LogP) is 3.74. The van der Waals surface area contributed by atoms with Crippen LogP contribution < -0.4 is 16.4 Å². The summed E-state index contributed by atoms with van der Waals surface area (Å²) in [5.74, 6) is 0.371. The summed E-state index contributed by atoms with van der Waals surface area (Å²) in [5.41, 5.74) is 11.6. The third-order valence-electron chi connectivity index (χ3n) is 4.21. The van der Waals surface area contributed by atoms with Crippen LogP contribution in [0, 0.1) is 0 Å². The van der Waals surface area contributed by atoms with Crippen molar-refractivity contribution in [3.05, 3.63) is 59.2 Å². The molecule has 4 N–H and O–H groups in total. The van der Waals surface area contributed by atoms with Crippen molar-refractivity contribution in [1.82, 2.24) is 0 Å². The SMILES string of the molecule is CCc1cccc(CC)c1NC(N)=NCCc1ccc(NC(C)=O)cc1. The highest BCUT2D eigenvalue weighted by Crippen LogP contribution is 2.22. The van der Waals surface area contributed by atoms with E-state index in [4.69, 9.17) is 5.73 Å². The van der Waals surface area contributed by atoms with E-state index < -0.39 is 0 Å². The Morgan fingerprint density at radius 3 is 2.15 bits per heavy atom. The molecule has 0 unspecified atom stereocenters. The molecule has 2 aromatic rings. The van der Waals surface area contributed by atoms with Crippen molar-refractivity contribution in [2.24, 2.45) is 10.7 Å². The molecule has 0 aliphatic heterocycles. The molecule has 26 heavy (non-hydrogen) atoms. The molecule has 0 saturated heterocycles. The number of amides is 1. The number of hydrogen-bond donors (Lipinski definition) is 3. The Kier molecular flexibility index (Phi) is 7.21. The van der Waals surface area contributed by atoms with Gasteiger partial charge in [0, 0.05) is 24.8 Å². The van der Waals surface area contributed by atoms with Crippen LogP contribution >= 0.6 is 0 Å². The third kappa shape index (κ3) is 5.62. The second-order valence-corrected chi connectivity index (χ2v) is 6.18. The number of carbonyl (C=O) groups is 1. The molecule has 0 atom stereocenters. The number of nitrogens with zero attached hydrogens (tertiary/aromatic N) is 1. The summed E-state index contributed by atoms with van der Waals surface area (Å²) in [6.45, 7) is 6.38. The molecule has 0 fully saturated rings. The van der Waals surface area contributed by atoms with Gasteiger partial charge in [0.05, 0.1) is 0 Å². The molecular formula is C21H28N4O. The number of rotatable bonds is 7. The Morgan fingerprint density at radius 2 is 1.62 bits per heavy atom. The van der Waals surface area contributed by atoms with Crippen molar-refractivity contribution in [2.45, 2.75) is 40.0 Å². The molecule has 0 spiro atoms. The number of nitrogens with two attached hydrogens (primary N) is 1. The zero-order valence-electron chi connectivity index (χ0n) is 15.8.